The van der Waals surface area contributed by atoms with Crippen molar-refractivity contribution in [1.29, 1.82) is 0 Å². The second-order valence-electron chi connectivity index (χ2n) is 7.42. The molecule has 1 saturated heterocycles. The maximum atomic E-state index is 12.5. The molecule has 0 aliphatic carbocycles. The van der Waals surface area contributed by atoms with Crippen LogP contribution in [-0.2, 0) is 11.2 Å². The van der Waals surface area contributed by atoms with E-state index in [1.807, 2.05) is 25.1 Å². The van der Waals surface area contributed by atoms with E-state index in [-0.39, 0.29) is 24.3 Å². The minimum atomic E-state index is -0.0758. The fourth-order valence-corrected chi connectivity index (χ4v) is 3.95. The average molecular weight is 395 g/mol. The van der Waals surface area contributed by atoms with Crippen molar-refractivity contribution in [2.75, 3.05) is 36.4 Å². The van der Waals surface area contributed by atoms with Crippen molar-refractivity contribution in [1.82, 2.24) is 10.6 Å². The van der Waals surface area contributed by atoms with Gasteiger partial charge in [-0.3, -0.25) is 9.69 Å². The lowest BCUT2D eigenvalue weighted by Gasteiger charge is -2.28. The van der Waals surface area contributed by atoms with Gasteiger partial charge in [-0.05, 0) is 68.8 Å². The smallest absolute Gasteiger partial charge is 0.321 e. The van der Waals surface area contributed by atoms with E-state index in [0.29, 0.717) is 31.3 Å². The number of nitrogens with zero attached hydrogens (tertiary/aromatic N) is 1. The summed E-state index contributed by atoms with van der Waals surface area (Å²) in [7, 11) is 0. The first-order valence-electron chi connectivity index (χ1n) is 9.77. The molecule has 0 aromatic heterocycles. The van der Waals surface area contributed by atoms with Gasteiger partial charge in [-0.15, -0.1) is 12.4 Å². The fourth-order valence-electron chi connectivity index (χ4n) is 3.95. The molecule has 0 bridgehead atoms. The number of amides is 3. The second-order valence-corrected chi connectivity index (χ2v) is 7.42. The number of benzene rings is 1. The van der Waals surface area contributed by atoms with Gasteiger partial charge >= 0.3 is 6.03 Å². The van der Waals surface area contributed by atoms with Gasteiger partial charge in [0.2, 0.25) is 5.91 Å². The highest BCUT2D eigenvalue weighted by molar-refractivity contribution is 5.96. The van der Waals surface area contributed by atoms with Gasteiger partial charge < -0.3 is 16.0 Å². The zero-order chi connectivity index (χ0) is 18.5. The van der Waals surface area contributed by atoms with Crippen molar-refractivity contribution in [3.8, 4) is 0 Å². The Kier molecular flexibility index (Phi) is 7.92. The third-order valence-electron chi connectivity index (χ3n) is 5.48. The van der Waals surface area contributed by atoms with Crippen LogP contribution in [-0.4, -0.2) is 38.1 Å². The van der Waals surface area contributed by atoms with Crippen LogP contribution in [0.15, 0.2) is 18.2 Å². The van der Waals surface area contributed by atoms with Crippen LogP contribution in [0.2, 0.25) is 0 Å². The number of hydrogen-bond acceptors (Lipinski definition) is 3. The summed E-state index contributed by atoms with van der Waals surface area (Å²) in [4.78, 5) is 26.4. The van der Waals surface area contributed by atoms with Crippen molar-refractivity contribution >= 4 is 35.7 Å². The van der Waals surface area contributed by atoms with Crippen LogP contribution in [0, 0.1) is 11.8 Å². The van der Waals surface area contributed by atoms with Gasteiger partial charge in [-0.25, -0.2) is 4.79 Å². The second kappa shape index (κ2) is 9.95. The summed E-state index contributed by atoms with van der Waals surface area (Å²) in [5, 5.41) is 9.28. The van der Waals surface area contributed by atoms with Gasteiger partial charge in [-0.2, -0.15) is 0 Å². The number of anilines is 2. The predicted octanol–water partition coefficient (Wildman–Crippen LogP) is 3.16. The maximum absolute atomic E-state index is 12.5. The summed E-state index contributed by atoms with van der Waals surface area (Å²) in [5.74, 6) is 0.984. The van der Waals surface area contributed by atoms with Crippen LogP contribution >= 0.6 is 12.4 Å². The number of halogens is 1. The lowest BCUT2D eigenvalue weighted by molar-refractivity contribution is -0.117. The van der Waals surface area contributed by atoms with Gasteiger partial charge in [0.15, 0.2) is 0 Å². The van der Waals surface area contributed by atoms with E-state index in [4.69, 9.17) is 0 Å². The Morgan fingerprint density at radius 2 is 2.19 bits per heavy atom. The Morgan fingerprint density at radius 1 is 1.37 bits per heavy atom. The number of urea groups is 1. The van der Waals surface area contributed by atoms with Crippen LogP contribution in [0.25, 0.3) is 0 Å². The molecular formula is C20H31ClN4O2. The standard InChI is InChI=1S/C20H30N4O2.ClH/c1-3-22-20(26)24-10-8-15-6-7-17(12-18(15)24)23-19(25)11-14(2)16-5-4-9-21-13-16;/h6-7,12,14,16,21H,3-5,8-11,13H2,1-2H3,(H,22,26)(H,23,25);1H. The van der Waals surface area contributed by atoms with Crippen LogP contribution in [0.5, 0.6) is 0 Å². The van der Waals surface area contributed by atoms with E-state index in [1.54, 1.807) is 4.90 Å². The molecule has 1 aromatic carbocycles. The number of rotatable bonds is 5. The molecule has 3 N–H and O–H groups in total. The monoisotopic (exact) mass is 394 g/mol. The van der Waals surface area contributed by atoms with Crippen molar-refractivity contribution < 1.29 is 9.59 Å². The number of carbonyl (C=O) groups excluding carboxylic acids is 2. The van der Waals surface area contributed by atoms with Crippen LogP contribution in [0.1, 0.15) is 38.7 Å². The normalized spacial score (nSPS) is 19.6. The molecule has 0 saturated carbocycles. The van der Waals surface area contributed by atoms with Gasteiger partial charge in [0.25, 0.3) is 0 Å². The quantitative estimate of drug-likeness (QED) is 0.718. The largest absolute Gasteiger partial charge is 0.338 e. The lowest BCUT2D eigenvalue weighted by atomic mass is 9.85. The average Bonchev–Trinajstić information content (AvgIpc) is 3.06. The minimum Gasteiger partial charge on any atom is -0.338 e. The zero-order valence-electron chi connectivity index (χ0n) is 16.2. The lowest BCUT2D eigenvalue weighted by Crippen LogP contribution is -2.38. The summed E-state index contributed by atoms with van der Waals surface area (Å²) in [6, 6.07) is 5.79. The minimum absolute atomic E-state index is 0. The molecule has 7 heteroatoms. The van der Waals surface area contributed by atoms with Gasteiger partial charge in [-0.1, -0.05) is 13.0 Å². The first-order valence-corrected chi connectivity index (χ1v) is 9.77. The van der Waals surface area contributed by atoms with Crippen molar-refractivity contribution in [3.05, 3.63) is 23.8 Å². The van der Waals surface area contributed by atoms with E-state index < -0.39 is 0 Å². The Bertz CT molecular complexity index is 661. The van der Waals surface area contributed by atoms with Crippen LogP contribution < -0.4 is 20.9 Å². The molecule has 6 nitrogen and oxygen atoms in total. The predicted molar refractivity (Wildman–Crippen MR) is 112 cm³/mol. The molecule has 2 unspecified atom stereocenters. The Hall–Kier alpha value is -1.79. The Morgan fingerprint density at radius 3 is 2.89 bits per heavy atom. The Balaban J connectivity index is 0.00000261. The third-order valence-corrected chi connectivity index (χ3v) is 5.48. The highest BCUT2D eigenvalue weighted by Gasteiger charge is 2.25. The maximum Gasteiger partial charge on any atom is 0.321 e. The van der Waals surface area contributed by atoms with Gasteiger partial charge in [0.1, 0.15) is 0 Å². The Labute approximate surface area is 167 Å². The molecule has 0 radical (unpaired) electrons. The highest BCUT2D eigenvalue weighted by Crippen LogP contribution is 2.31. The van der Waals surface area contributed by atoms with Gasteiger partial charge in [0.05, 0.1) is 5.69 Å². The van der Waals surface area contributed by atoms with E-state index >= 15 is 0 Å². The number of fused-ring (bicyclic) bond motifs is 1. The van der Waals surface area contributed by atoms with E-state index in [9.17, 15) is 9.59 Å². The number of hydrogen-bond donors (Lipinski definition) is 3. The van der Waals surface area contributed by atoms with Crippen molar-refractivity contribution in [2.45, 2.75) is 39.5 Å². The molecule has 2 aliphatic rings. The molecule has 2 heterocycles. The summed E-state index contributed by atoms with van der Waals surface area (Å²) in [6.45, 7) is 7.46. The zero-order valence-corrected chi connectivity index (χ0v) is 17.0. The number of piperidine rings is 1. The van der Waals surface area contributed by atoms with Crippen molar-refractivity contribution in [2.24, 2.45) is 11.8 Å². The molecule has 3 rings (SSSR count). The topological polar surface area (TPSA) is 73.5 Å². The first kappa shape index (κ1) is 21.5. The molecule has 0 spiro atoms. The van der Waals surface area contributed by atoms with Crippen molar-refractivity contribution in [3.63, 3.8) is 0 Å². The van der Waals surface area contributed by atoms with Gasteiger partial charge in [0, 0.05) is 25.2 Å². The SMILES string of the molecule is CCNC(=O)N1CCc2ccc(NC(=O)CC(C)C3CCCNC3)cc21.Cl. The third kappa shape index (κ3) is 5.36. The fraction of sp³-hybridized carbons (Fsp3) is 0.600. The molecule has 150 valence electrons. The summed E-state index contributed by atoms with van der Waals surface area (Å²) >= 11 is 0. The number of carbonyl (C=O) groups is 2. The summed E-state index contributed by atoms with van der Waals surface area (Å²) < 4.78 is 0. The summed E-state index contributed by atoms with van der Waals surface area (Å²) in [5.41, 5.74) is 2.81. The molecule has 2 atom stereocenters. The molecule has 27 heavy (non-hydrogen) atoms. The molecule has 3 amide bonds. The molecule has 2 aliphatic heterocycles. The first-order chi connectivity index (χ1) is 12.6. The van der Waals surface area contributed by atoms with E-state index in [0.717, 1.165) is 36.4 Å². The molecule has 1 aromatic rings. The highest BCUT2D eigenvalue weighted by atomic mass is 35.5. The van der Waals surface area contributed by atoms with Crippen LogP contribution in [0.4, 0.5) is 16.2 Å². The number of nitrogens with one attached hydrogen (secondary N) is 3. The molecule has 1 fully saturated rings. The molecular weight excluding hydrogens is 364 g/mol. The van der Waals surface area contributed by atoms with E-state index in [1.165, 1.54) is 12.8 Å². The van der Waals surface area contributed by atoms with Crippen LogP contribution in [0.3, 0.4) is 0 Å². The van der Waals surface area contributed by atoms with E-state index in [2.05, 4.69) is 22.9 Å². The summed E-state index contributed by atoms with van der Waals surface area (Å²) in [6.07, 6.45) is 3.77.